The summed E-state index contributed by atoms with van der Waals surface area (Å²) in [6.45, 7) is 5.56. The van der Waals surface area contributed by atoms with Gasteiger partial charge in [0, 0.05) is 19.3 Å². The fourth-order valence-corrected chi connectivity index (χ4v) is 1.55. The van der Waals surface area contributed by atoms with Gasteiger partial charge in [0.2, 0.25) is 0 Å². The Morgan fingerprint density at radius 3 is 2.30 bits per heavy atom. The summed E-state index contributed by atoms with van der Waals surface area (Å²) >= 11 is 0. The molecule has 0 aliphatic rings. The van der Waals surface area contributed by atoms with E-state index < -0.39 is 0 Å². The molecule has 0 aliphatic heterocycles. The standard InChI is InChI=1S/C14H24N2O4/c1-12-3-4-14(13(11-15)16-12)20-10-9-19-8-7-18-6-5-17-2/h3-4H,5-11,15H2,1-2H3. The second-order valence-electron chi connectivity index (χ2n) is 4.17. The Balaban J connectivity index is 2.09. The predicted octanol–water partition coefficient (Wildman–Crippen LogP) is 0.907. The Morgan fingerprint density at radius 1 is 1.00 bits per heavy atom. The van der Waals surface area contributed by atoms with Crippen molar-refractivity contribution < 1.29 is 18.9 Å². The van der Waals surface area contributed by atoms with E-state index in [1.165, 1.54) is 0 Å². The molecule has 0 atom stereocenters. The highest BCUT2D eigenvalue weighted by Gasteiger charge is 2.03. The number of rotatable bonds is 11. The Labute approximate surface area is 120 Å². The van der Waals surface area contributed by atoms with Crippen molar-refractivity contribution in [1.29, 1.82) is 0 Å². The lowest BCUT2D eigenvalue weighted by atomic mass is 10.3. The summed E-state index contributed by atoms with van der Waals surface area (Å²) in [5.74, 6) is 0.720. The van der Waals surface area contributed by atoms with Crippen LogP contribution in [0.1, 0.15) is 11.4 Å². The largest absolute Gasteiger partial charge is 0.489 e. The highest BCUT2D eigenvalue weighted by molar-refractivity contribution is 5.29. The minimum absolute atomic E-state index is 0.366. The lowest BCUT2D eigenvalue weighted by Crippen LogP contribution is -2.13. The van der Waals surface area contributed by atoms with E-state index >= 15 is 0 Å². The zero-order valence-electron chi connectivity index (χ0n) is 12.3. The van der Waals surface area contributed by atoms with Gasteiger partial charge in [0.1, 0.15) is 12.4 Å². The molecule has 2 N–H and O–H groups in total. The summed E-state index contributed by atoms with van der Waals surface area (Å²) < 4.78 is 21.1. The van der Waals surface area contributed by atoms with Crippen molar-refractivity contribution in [2.24, 2.45) is 5.73 Å². The van der Waals surface area contributed by atoms with E-state index in [2.05, 4.69) is 4.98 Å². The molecule has 20 heavy (non-hydrogen) atoms. The number of methoxy groups -OCH3 is 1. The number of aromatic nitrogens is 1. The van der Waals surface area contributed by atoms with Crippen LogP contribution in [0.25, 0.3) is 0 Å². The summed E-state index contributed by atoms with van der Waals surface area (Å²) in [7, 11) is 1.65. The van der Waals surface area contributed by atoms with Crippen molar-refractivity contribution in [3.8, 4) is 5.75 Å². The lowest BCUT2D eigenvalue weighted by Gasteiger charge is -2.10. The lowest BCUT2D eigenvalue weighted by molar-refractivity contribution is 0.0179. The van der Waals surface area contributed by atoms with Crippen LogP contribution in [0.5, 0.6) is 5.75 Å². The molecule has 0 saturated heterocycles. The first kappa shape index (κ1) is 16.8. The summed E-state index contributed by atoms with van der Waals surface area (Å²) in [6, 6.07) is 3.79. The minimum Gasteiger partial charge on any atom is -0.489 e. The van der Waals surface area contributed by atoms with Crippen LogP contribution in [0, 0.1) is 6.92 Å². The molecule has 6 heteroatoms. The molecule has 0 saturated carbocycles. The first-order valence-electron chi connectivity index (χ1n) is 6.71. The minimum atomic E-state index is 0.366. The number of hydrogen-bond acceptors (Lipinski definition) is 6. The van der Waals surface area contributed by atoms with Gasteiger partial charge in [-0.15, -0.1) is 0 Å². The average Bonchev–Trinajstić information content (AvgIpc) is 2.46. The van der Waals surface area contributed by atoms with Crippen LogP contribution in [0.4, 0.5) is 0 Å². The molecule has 0 aromatic carbocycles. The average molecular weight is 284 g/mol. The molecule has 0 spiro atoms. The van der Waals surface area contributed by atoms with E-state index in [1.54, 1.807) is 7.11 Å². The molecular formula is C14H24N2O4. The van der Waals surface area contributed by atoms with E-state index in [1.807, 2.05) is 19.1 Å². The summed E-state index contributed by atoms with van der Waals surface area (Å²) in [6.07, 6.45) is 0. The summed E-state index contributed by atoms with van der Waals surface area (Å²) in [5, 5.41) is 0. The van der Waals surface area contributed by atoms with E-state index in [4.69, 9.17) is 24.7 Å². The second kappa shape index (κ2) is 10.6. The SMILES string of the molecule is COCCOCCOCCOc1ccc(C)nc1CN. The third kappa shape index (κ3) is 6.81. The number of hydrogen-bond donors (Lipinski definition) is 1. The van der Waals surface area contributed by atoms with Crippen LogP contribution in [0.15, 0.2) is 12.1 Å². The van der Waals surface area contributed by atoms with Crippen molar-refractivity contribution >= 4 is 0 Å². The smallest absolute Gasteiger partial charge is 0.142 e. The maximum absolute atomic E-state index is 5.63. The molecule has 1 rings (SSSR count). The molecule has 0 unspecified atom stereocenters. The maximum Gasteiger partial charge on any atom is 0.142 e. The van der Waals surface area contributed by atoms with Crippen molar-refractivity contribution in [3.05, 3.63) is 23.5 Å². The van der Waals surface area contributed by atoms with Gasteiger partial charge in [0.05, 0.1) is 38.7 Å². The number of aryl methyl sites for hydroxylation is 1. The third-order valence-corrected chi connectivity index (χ3v) is 2.55. The quantitative estimate of drug-likeness (QED) is 0.609. The number of pyridine rings is 1. The van der Waals surface area contributed by atoms with Crippen molar-refractivity contribution in [3.63, 3.8) is 0 Å². The van der Waals surface area contributed by atoms with Crippen LogP contribution in [-0.2, 0) is 20.8 Å². The predicted molar refractivity (Wildman–Crippen MR) is 75.9 cm³/mol. The molecule has 0 fully saturated rings. The van der Waals surface area contributed by atoms with Crippen LogP contribution < -0.4 is 10.5 Å². The molecule has 0 amide bonds. The van der Waals surface area contributed by atoms with Crippen molar-refractivity contribution in [2.75, 3.05) is 46.8 Å². The number of ether oxygens (including phenoxy) is 4. The Bertz CT molecular complexity index is 374. The maximum atomic E-state index is 5.63. The van der Waals surface area contributed by atoms with Crippen LogP contribution >= 0.6 is 0 Å². The van der Waals surface area contributed by atoms with E-state index in [0.29, 0.717) is 46.2 Å². The number of nitrogens with two attached hydrogens (primary N) is 1. The fraction of sp³-hybridized carbons (Fsp3) is 0.643. The zero-order chi connectivity index (χ0) is 14.6. The van der Waals surface area contributed by atoms with Crippen LogP contribution in [-0.4, -0.2) is 51.7 Å². The van der Waals surface area contributed by atoms with E-state index in [0.717, 1.165) is 17.1 Å². The number of nitrogens with zero attached hydrogens (tertiary/aromatic N) is 1. The Kier molecular flexibility index (Phi) is 8.90. The molecule has 0 bridgehead atoms. The monoisotopic (exact) mass is 284 g/mol. The topological polar surface area (TPSA) is 75.8 Å². The van der Waals surface area contributed by atoms with E-state index in [9.17, 15) is 0 Å². The molecule has 6 nitrogen and oxygen atoms in total. The normalized spacial score (nSPS) is 10.8. The molecular weight excluding hydrogens is 260 g/mol. The molecule has 1 heterocycles. The first-order valence-corrected chi connectivity index (χ1v) is 6.71. The van der Waals surface area contributed by atoms with Crippen LogP contribution in [0.2, 0.25) is 0 Å². The summed E-state index contributed by atoms with van der Waals surface area (Å²) in [5.41, 5.74) is 7.33. The Morgan fingerprint density at radius 2 is 1.65 bits per heavy atom. The molecule has 0 aliphatic carbocycles. The van der Waals surface area contributed by atoms with Gasteiger partial charge in [-0.05, 0) is 19.1 Å². The second-order valence-corrected chi connectivity index (χ2v) is 4.17. The van der Waals surface area contributed by atoms with Gasteiger partial charge >= 0.3 is 0 Å². The van der Waals surface area contributed by atoms with Crippen molar-refractivity contribution in [2.45, 2.75) is 13.5 Å². The van der Waals surface area contributed by atoms with Crippen LogP contribution in [0.3, 0.4) is 0 Å². The summed E-state index contributed by atoms with van der Waals surface area (Å²) in [4.78, 5) is 4.33. The van der Waals surface area contributed by atoms with Gasteiger partial charge in [0.25, 0.3) is 0 Å². The van der Waals surface area contributed by atoms with Gasteiger partial charge in [-0.2, -0.15) is 0 Å². The fourth-order valence-electron chi connectivity index (χ4n) is 1.55. The van der Waals surface area contributed by atoms with Gasteiger partial charge in [0.15, 0.2) is 0 Å². The highest BCUT2D eigenvalue weighted by atomic mass is 16.6. The molecule has 1 aromatic rings. The molecule has 1 aromatic heterocycles. The first-order chi connectivity index (χ1) is 9.77. The van der Waals surface area contributed by atoms with Gasteiger partial charge in [-0.1, -0.05) is 0 Å². The zero-order valence-corrected chi connectivity index (χ0v) is 12.3. The molecule has 114 valence electrons. The van der Waals surface area contributed by atoms with E-state index in [-0.39, 0.29) is 0 Å². The third-order valence-electron chi connectivity index (χ3n) is 2.55. The highest BCUT2D eigenvalue weighted by Crippen LogP contribution is 2.15. The van der Waals surface area contributed by atoms with Crippen molar-refractivity contribution in [1.82, 2.24) is 4.98 Å². The van der Waals surface area contributed by atoms with Gasteiger partial charge < -0.3 is 24.7 Å². The van der Waals surface area contributed by atoms with Gasteiger partial charge in [-0.25, -0.2) is 0 Å². The van der Waals surface area contributed by atoms with Gasteiger partial charge in [-0.3, -0.25) is 4.98 Å². The molecule has 0 radical (unpaired) electrons. The Hall–Kier alpha value is -1.21.